The molecule has 2 N–H and O–H groups in total. The zero-order valence-corrected chi connectivity index (χ0v) is 27.0. The number of carbonyl (C=O) groups excluding carboxylic acids is 2. The molecule has 236 valence electrons. The number of aryl methyl sites for hydroxylation is 1. The first-order chi connectivity index (χ1) is 21.7. The van der Waals surface area contributed by atoms with E-state index in [1.54, 1.807) is 43.2 Å². The van der Waals surface area contributed by atoms with Crippen LogP contribution in [0.5, 0.6) is 5.75 Å². The summed E-state index contributed by atoms with van der Waals surface area (Å²) in [4.78, 5) is 29.6. The van der Waals surface area contributed by atoms with Crippen LogP contribution in [0.15, 0.2) is 108 Å². The molecule has 0 saturated carbocycles. The number of hydrogen-bond acceptors (Lipinski definition) is 5. The minimum absolute atomic E-state index is 0.120. The number of halogens is 1. The Labute approximate surface area is 270 Å². The van der Waals surface area contributed by atoms with Crippen LogP contribution in [0.25, 0.3) is 0 Å². The highest BCUT2D eigenvalue weighted by Gasteiger charge is 2.31. The van der Waals surface area contributed by atoms with Crippen molar-refractivity contribution in [3.63, 3.8) is 0 Å². The van der Waals surface area contributed by atoms with Crippen molar-refractivity contribution in [2.45, 2.75) is 43.7 Å². The summed E-state index contributed by atoms with van der Waals surface area (Å²) in [6, 6.07) is 29.7. The van der Waals surface area contributed by atoms with E-state index in [4.69, 9.17) is 16.3 Å². The van der Waals surface area contributed by atoms with Crippen LogP contribution >= 0.6 is 11.6 Å². The van der Waals surface area contributed by atoms with Crippen LogP contribution in [-0.4, -0.2) is 45.3 Å². The lowest BCUT2D eigenvalue weighted by molar-refractivity contribution is -0.141. The molecule has 10 heteroatoms. The molecule has 0 aliphatic rings. The molecule has 0 aromatic heterocycles. The smallest absolute Gasteiger partial charge is 0.247 e. The van der Waals surface area contributed by atoms with E-state index in [9.17, 15) is 18.0 Å². The zero-order valence-electron chi connectivity index (χ0n) is 25.4. The second kappa shape index (κ2) is 16.2. The van der Waals surface area contributed by atoms with E-state index in [1.165, 1.54) is 12.1 Å². The van der Waals surface area contributed by atoms with Gasteiger partial charge in [0, 0.05) is 31.1 Å². The summed E-state index contributed by atoms with van der Waals surface area (Å²) in [6.45, 7) is 2.60. The van der Waals surface area contributed by atoms with Gasteiger partial charge in [0.1, 0.15) is 11.8 Å². The van der Waals surface area contributed by atoms with Crippen molar-refractivity contribution in [2.75, 3.05) is 20.2 Å². The number of sulfonamides is 1. The van der Waals surface area contributed by atoms with E-state index >= 15 is 0 Å². The van der Waals surface area contributed by atoms with Gasteiger partial charge >= 0.3 is 0 Å². The predicted octanol–water partition coefficient (Wildman–Crippen LogP) is 5.71. The number of benzene rings is 4. The van der Waals surface area contributed by atoms with Gasteiger partial charge in [0.25, 0.3) is 0 Å². The quantitative estimate of drug-likeness (QED) is 0.172. The Balaban J connectivity index is 1.55. The van der Waals surface area contributed by atoms with Crippen molar-refractivity contribution in [2.24, 2.45) is 0 Å². The Morgan fingerprint density at radius 2 is 1.42 bits per heavy atom. The highest BCUT2D eigenvalue weighted by molar-refractivity contribution is 7.89. The summed E-state index contributed by atoms with van der Waals surface area (Å²) in [6.07, 6.45) is 1.11. The van der Waals surface area contributed by atoms with Gasteiger partial charge in [-0.1, -0.05) is 85.3 Å². The number of nitrogens with zero attached hydrogens (tertiary/aromatic N) is 1. The SMILES string of the molecule is CCNS(=O)(=O)c1ccc(CCC(=O)N(Cc2ccc(Cl)cc2)[C@H](C(=O)NCCc2ccc(OC)cc2)c2ccccc2)cc1. The molecule has 4 aromatic carbocycles. The molecule has 0 fully saturated rings. The minimum atomic E-state index is -3.57. The van der Waals surface area contributed by atoms with Crippen molar-refractivity contribution in [3.8, 4) is 5.75 Å². The third-order valence-electron chi connectivity index (χ3n) is 7.33. The lowest BCUT2D eigenvalue weighted by atomic mass is 10.0. The van der Waals surface area contributed by atoms with E-state index < -0.39 is 16.1 Å². The number of ether oxygens (including phenoxy) is 1. The summed E-state index contributed by atoms with van der Waals surface area (Å²) < 4.78 is 32.4. The number of carbonyl (C=O) groups is 2. The number of methoxy groups -OCH3 is 1. The van der Waals surface area contributed by atoms with Crippen molar-refractivity contribution in [1.82, 2.24) is 14.9 Å². The summed E-state index contributed by atoms with van der Waals surface area (Å²) in [7, 11) is -1.96. The molecule has 8 nitrogen and oxygen atoms in total. The maximum absolute atomic E-state index is 14.0. The van der Waals surface area contributed by atoms with Gasteiger partial charge in [-0.2, -0.15) is 0 Å². The Bertz CT molecular complexity index is 1650. The third-order valence-corrected chi connectivity index (χ3v) is 9.14. The molecular formula is C35H38ClN3O5S. The molecule has 0 aliphatic heterocycles. The Kier molecular flexibility index (Phi) is 12.2. The predicted molar refractivity (Wildman–Crippen MR) is 177 cm³/mol. The highest BCUT2D eigenvalue weighted by atomic mass is 35.5. The van der Waals surface area contributed by atoms with Gasteiger partial charge in [-0.3, -0.25) is 9.59 Å². The molecule has 4 aromatic rings. The molecule has 1 atom stereocenters. The first-order valence-corrected chi connectivity index (χ1v) is 16.6. The molecule has 0 spiro atoms. The van der Waals surface area contributed by atoms with Gasteiger partial charge in [-0.05, 0) is 71.5 Å². The molecule has 0 radical (unpaired) electrons. The Hall–Kier alpha value is -4.18. The maximum Gasteiger partial charge on any atom is 0.247 e. The number of amides is 2. The molecule has 0 aliphatic carbocycles. The third kappa shape index (κ3) is 9.65. The van der Waals surface area contributed by atoms with Crippen LogP contribution < -0.4 is 14.8 Å². The van der Waals surface area contributed by atoms with Crippen LogP contribution in [0.2, 0.25) is 5.02 Å². The molecule has 0 heterocycles. The lowest BCUT2D eigenvalue weighted by Gasteiger charge is -2.32. The fourth-order valence-corrected chi connectivity index (χ4v) is 6.11. The Morgan fingerprint density at radius 1 is 0.822 bits per heavy atom. The molecule has 45 heavy (non-hydrogen) atoms. The molecular weight excluding hydrogens is 610 g/mol. The molecule has 2 amide bonds. The Morgan fingerprint density at radius 3 is 2.04 bits per heavy atom. The monoisotopic (exact) mass is 647 g/mol. The van der Waals surface area contributed by atoms with Gasteiger partial charge in [0.05, 0.1) is 12.0 Å². The van der Waals surface area contributed by atoms with E-state index in [-0.39, 0.29) is 29.7 Å². The van der Waals surface area contributed by atoms with Gasteiger partial charge in [-0.25, -0.2) is 13.1 Å². The number of hydrogen-bond donors (Lipinski definition) is 2. The lowest BCUT2D eigenvalue weighted by Crippen LogP contribution is -2.44. The van der Waals surface area contributed by atoms with E-state index in [1.807, 2.05) is 66.7 Å². The van der Waals surface area contributed by atoms with Crippen LogP contribution in [-0.2, 0) is 39.0 Å². The standard InChI is InChI=1S/C35H38ClN3O5S/c1-3-38-45(42,43)32-20-13-26(14-21-32)15-22-33(40)39(25-28-9-16-30(36)17-10-28)34(29-7-5-4-6-8-29)35(41)37-24-23-27-11-18-31(44-2)19-12-27/h4-14,16-21,34,38H,3,15,22-25H2,1-2H3,(H,37,41)/t34-/m0/s1. The van der Waals surface area contributed by atoms with Gasteiger partial charge in [-0.15, -0.1) is 0 Å². The molecule has 0 unspecified atom stereocenters. The van der Waals surface area contributed by atoms with E-state index in [0.29, 0.717) is 36.5 Å². The maximum atomic E-state index is 14.0. The molecule has 4 rings (SSSR count). The van der Waals surface area contributed by atoms with Gasteiger partial charge in [0.2, 0.25) is 21.8 Å². The fourth-order valence-electron chi connectivity index (χ4n) is 4.94. The largest absolute Gasteiger partial charge is 0.497 e. The summed E-state index contributed by atoms with van der Waals surface area (Å²) in [5.41, 5.74) is 3.38. The van der Waals surface area contributed by atoms with Crippen LogP contribution in [0.1, 0.15) is 41.6 Å². The van der Waals surface area contributed by atoms with E-state index in [2.05, 4.69) is 10.0 Å². The van der Waals surface area contributed by atoms with Crippen LogP contribution in [0.4, 0.5) is 0 Å². The van der Waals surface area contributed by atoms with Gasteiger partial charge < -0.3 is 15.0 Å². The van der Waals surface area contributed by atoms with Crippen molar-refractivity contribution < 1.29 is 22.7 Å². The second-order valence-electron chi connectivity index (χ2n) is 10.5. The second-order valence-corrected chi connectivity index (χ2v) is 12.7. The highest BCUT2D eigenvalue weighted by Crippen LogP contribution is 2.26. The normalized spacial score (nSPS) is 11.9. The van der Waals surface area contributed by atoms with Crippen molar-refractivity contribution >= 4 is 33.4 Å². The van der Waals surface area contributed by atoms with Gasteiger partial charge in [0.15, 0.2) is 0 Å². The number of rotatable bonds is 15. The fraction of sp³-hybridized carbons (Fsp3) is 0.257. The van der Waals surface area contributed by atoms with Crippen LogP contribution in [0.3, 0.4) is 0 Å². The average Bonchev–Trinajstić information content (AvgIpc) is 3.05. The number of nitrogens with one attached hydrogen (secondary N) is 2. The average molecular weight is 648 g/mol. The minimum Gasteiger partial charge on any atom is -0.497 e. The molecule has 0 saturated heterocycles. The summed E-state index contributed by atoms with van der Waals surface area (Å²) in [5.74, 6) is 0.265. The topological polar surface area (TPSA) is 105 Å². The van der Waals surface area contributed by atoms with Crippen molar-refractivity contribution in [1.29, 1.82) is 0 Å². The van der Waals surface area contributed by atoms with Crippen molar-refractivity contribution in [3.05, 3.63) is 130 Å². The first kappa shape index (κ1) is 33.7. The summed E-state index contributed by atoms with van der Waals surface area (Å²) in [5, 5.41) is 3.62. The molecule has 0 bridgehead atoms. The van der Waals surface area contributed by atoms with E-state index in [0.717, 1.165) is 22.4 Å². The van der Waals surface area contributed by atoms with Crippen LogP contribution in [0, 0.1) is 0 Å². The zero-order chi connectivity index (χ0) is 32.2. The first-order valence-electron chi connectivity index (χ1n) is 14.8. The summed E-state index contributed by atoms with van der Waals surface area (Å²) >= 11 is 6.13.